The second kappa shape index (κ2) is 14.0. The van der Waals surface area contributed by atoms with Crippen LogP contribution in [0.1, 0.15) is 55.1 Å². The van der Waals surface area contributed by atoms with Crippen molar-refractivity contribution in [3.05, 3.63) is 47.0 Å². The summed E-state index contributed by atoms with van der Waals surface area (Å²) in [7, 11) is 4.58. The number of carbonyl (C=O) groups is 6. The Morgan fingerprint density at radius 2 is 1.78 bits per heavy atom. The molecule has 0 radical (unpaired) electrons. The summed E-state index contributed by atoms with van der Waals surface area (Å²) in [6.45, 7) is 6.36. The quantitative estimate of drug-likeness (QED) is 0.196. The first-order valence-electron chi connectivity index (χ1n) is 16.8. The van der Waals surface area contributed by atoms with E-state index in [9.17, 15) is 39.0 Å². The first kappa shape index (κ1) is 36.8. The van der Waals surface area contributed by atoms with E-state index >= 15 is 0 Å². The summed E-state index contributed by atoms with van der Waals surface area (Å²) < 4.78 is 11.0. The number of amides is 1. The molecule has 0 heterocycles. The number of phenols is 1. The number of ketones is 4. The Morgan fingerprint density at radius 3 is 2.38 bits per heavy atom. The number of phenolic OH excluding ortho intramolecular Hbond substituents is 1. The second-order valence-electron chi connectivity index (χ2n) is 14.1. The fourth-order valence-electron chi connectivity index (χ4n) is 8.15. The topological polar surface area (TPSA) is 203 Å². The zero-order valence-corrected chi connectivity index (χ0v) is 29.1. The number of carbonyl (C=O) groups excluding carboxylic acids is 6. The molecule has 0 aromatic heterocycles. The Hall–Kier alpha value is -4.46. The number of likely N-dealkylation sites (N-methyl/N-ethyl adjacent to an activating group) is 1. The molecular weight excluding hydrogens is 646 g/mol. The van der Waals surface area contributed by atoms with E-state index in [-0.39, 0.29) is 42.6 Å². The predicted octanol–water partition coefficient (Wildman–Crippen LogP) is 1.61. The fourth-order valence-corrected chi connectivity index (χ4v) is 8.15. The number of nitrogens with one attached hydrogen (secondary N) is 1. The van der Waals surface area contributed by atoms with Crippen molar-refractivity contribution < 1.29 is 48.5 Å². The molecule has 5 rings (SSSR count). The molecule has 13 nitrogen and oxygen atoms in total. The summed E-state index contributed by atoms with van der Waals surface area (Å²) in [5.74, 6) is -10.8. The van der Waals surface area contributed by atoms with Crippen molar-refractivity contribution in [1.82, 2.24) is 10.2 Å². The third kappa shape index (κ3) is 6.11. The number of esters is 1. The number of nitrogens with two attached hydrogens (primary N) is 1. The number of aromatic hydroxyl groups is 1. The van der Waals surface area contributed by atoms with Crippen LogP contribution in [0.4, 0.5) is 0 Å². The molecule has 268 valence electrons. The van der Waals surface area contributed by atoms with E-state index in [1.165, 1.54) is 32.2 Å². The SMILES string of the molecule is CCOC(=O)C(CC(C)C)NCc1ccc(OC)c(-c2ccc(O)c3c2C[C@@H]2C[C@@H]4C(N(C)C)C(=O)C(C(N)=O)C(=O)[C@]4(O)C(=O)C2C3=O)c1. The second-order valence-corrected chi connectivity index (χ2v) is 14.1. The number of hydrogen-bond donors (Lipinski definition) is 4. The van der Waals surface area contributed by atoms with E-state index in [4.69, 9.17) is 15.2 Å². The van der Waals surface area contributed by atoms with Crippen molar-refractivity contribution in [3.8, 4) is 22.6 Å². The highest BCUT2D eigenvalue weighted by molar-refractivity contribution is 6.32. The van der Waals surface area contributed by atoms with Gasteiger partial charge in [-0.15, -0.1) is 0 Å². The van der Waals surface area contributed by atoms with Gasteiger partial charge in [0.25, 0.3) is 0 Å². The van der Waals surface area contributed by atoms with Gasteiger partial charge < -0.3 is 30.7 Å². The highest BCUT2D eigenvalue weighted by Gasteiger charge is 2.69. The van der Waals surface area contributed by atoms with Crippen LogP contribution in [0.15, 0.2) is 30.3 Å². The van der Waals surface area contributed by atoms with Crippen molar-refractivity contribution in [1.29, 1.82) is 0 Å². The molecule has 13 heteroatoms. The van der Waals surface area contributed by atoms with E-state index in [0.29, 0.717) is 35.4 Å². The minimum absolute atomic E-state index is 0.0643. The minimum atomic E-state index is -2.80. The zero-order chi connectivity index (χ0) is 36.8. The van der Waals surface area contributed by atoms with Gasteiger partial charge >= 0.3 is 5.97 Å². The van der Waals surface area contributed by atoms with Crippen molar-refractivity contribution in [2.45, 2.75) is 64.3 Å². The lowest BCUT2D eigenvalue weighted by Crippen LogP contribution is -2.74. The lowest BCUT2D eigenvalue weighted by Gasteiger charge is -2.52. The Bertz CT molecular complexity index is 1750. The van der Waals surface area contributed by atoms with Crippen LogP contribution in [0.2, 0.25) is 0 Å². The molecule has 0 spiro atoms. The number of rotatable bonds is 11. The number of methoxy groups -OCH3 is 1. The Kier molecular flexibility index (Phi) is 10.3. The van der Waals surface area contributed by atoms with Crippen LogP contribution in [0.5, 0.6) is 11.5 Å². The number of Topliss-reactive ketones (excluding diaryl/α,β-unsaturated/α-hetero) is 4. The summed E-state index contributed by atoms with van der Waals surface area (Å²) in [6, 6.07) is 6.76. The van der Waals surface area contributed by atoms with Crippen LogP contribution in [-0.4, -0.2) is 95.6 Å². The van der Waals surface area contributed by atoms with Crippen LogP contribution < -0.4 is 15.8 Å². The van der Waals surface area contributed by atoms with Crippen molar-refractivity contribution in [2.24, 2.45) is 35.3 Å². The molecule has 1 amide bonds. The maximum absolute atomic E-state index is 14.2. The summed E-state index contributed by atoms with van der Waals surface area (Å²) in [5.41, 5.74) is 4.91. The lowest BCUT2D eigenvalue weighted by molar-refractivity contribution is -0.181. The lowest BCUT2D eigenvalue weighted by atomic mass is 9.52. The number of nitrogens with zero attached hydrogens (tertiary/aromatic N) is 1. The van der Waals surface area contributed by atoms with Gasteiger partial charge in [0, 0.05) is 18.0 Å². The maximum atomic E-state index is 14.2. The van der Waals surface area contributed by atoms with Crippen LogP contribution in [0, 0.1) is 29.6 Å². The van der Waals surface area contributed by atoms with Gasteiger partial charge in [0.1, 0.15) is 17.5 Å². The summed E-state index contributed by atoms with van der Waals surface area (Å²) >= 11 is 0. The molecule has 3 aliphatic carbocycles. The number of primary amides is 1. The number of aliphatic hydroxyl groups is 1. The van der Waals surface area contributed by atoms with Crippen LogP contribution in [-0.2, 0) is 41.7 Å². The Morgan fingerprint density at radius 1 is 1.08 bits per heavy atom. The molecule has 3 aliphatic rings. The fraction of sp³-hybridized carbons (Fsp3) is 0.514. The average molecular weight is 692 g/mol. The minimum Gasteiger partial charge on any atom is -0.507 e. The van der Waals surface area contributed by atoms with Gasteiger partial charge in [-0.2, -0.15) is 0 Å². The molecule has 2 aromatic rings. The van der Waals surface area contributed by atoms with E-state index in [2.05, 4.69) is 5.32 Å². The van der Waals surface area contributed by atoms with Crippen molar-refractivity contribution in [2.75, 3.05) is 27.8 Å². The average Bonchev–Trinajstić information content (AvgIpc) is 3.04. The van der Waals surface area contributed by atoms with E-state index in [1.54, 1.807) is 19.1 Å². The number of ether oxygens (including phenoxy) is 2. The Balaban J connectivity index is 1.56. The summed E-state index contributed by atoms with van der Waals surface area (Å²) in [4.78, 5) is 81.7. The van der Waals surface area contributed by atoms with Crippen LogP contribution in [0.3, 0.4) is 0 Å². The third-order valence-corrected chi connectivity index (χ3v) is 10.3. The first-order chi connectivity index (χ1) is 23.6. The summed E-state index contributed by atoms with van der Waals surface area (Å²) in [5, 5.41) is 26.2. The van der Waals surface area contributed by atoms with Crippen molar-refractivity contribution >= 4 is 35.0 Å². The third-order valence-electron chi connectivity index (χ3n) is 10.3. The highest BCUT2D eigenvalue weighted by atomic mass is 16.5. The Labute approximate surface area is 290 Å². The maximum Gasteiger partial charge on any atom is 0.323 e. The van der Waals surface area contributed by atoms with Gasteiger partial charge in [-0.25, -0.2) is 0 Å². The molecule has 4 unspecified atom stereocenters. The molecule has 50 heavy (non-hydrogen) atoms. The molecular formula is C37H45N3O10. The van der Waals surface area contributed by atoms with E-state index in [0.717, 1.165) is 5.56 Å². The number of fused-ring (bicyclic) bond motifs is 3. The number of benzene rings is 2. The van der Waals surface area contributed by atoms with Crippen LogP contribution in [0.25, 0.3) is 11.1 Å². The standard InChI is InChI=1S/C37H45N3O10/c1-7-50-36(47)24(12-17(2)3)39-16-18-8-11-26(49-6)21(13-18)20-9-10-25(41)28-22(20)14-19-15-23-30(40(4)5)32(43)29(35(38)46)34(45)37(23,48)33(44)27(19)31(28)42/h8-11,13,17,19,23-24,27,29-30,39,41,48H,7,12,14-16H2,1-6H3,(H2,38,46)/t19-,23-,24?,27?,29?,30?,37-/m1/s1. The molecule has 7 atom stereocenters. The van der Waals surface area contributed by atoms with Gasteiger partial charge in [-0.05, 0) is 87.0 Å². The van der Waals surface area contributed by atoms with Gasteiger partial charge in [-0.3, -0.25) is 33.7 Å². The molecule has 2 fully saturated rings. The van der Waals surface area contributed by atoms with E-state index < -0.39 is 70.4 Å². The normalized spacial score (nSPS) is 26.7. The van der Waals surface area contributed by atoms with Gasteiger partial charge in [0.05, 0.1) is 31.2 Å². The van der Waals surface area contributed by atoms with Crippen LogP contribution >= 0.6 is 0 Å². The van der Waals surface area contributed by atoms with Crippen molar-refractivity contribution in [3.63, 3.8) is 0 Å². The van der Waals surface area contributed by atoms with E-state index in [1.807, 2.05) is 26.0 Å². The smallest absolute Gasteiger partial charge is 0.323 e. The molecule has 5 N–H and O–H groups in total. The largest absolute Gasteiger partial charge is 0.507 e. The van der Waals surface area contributed by atoms with Gasteiger partial charge in [0.2, 0.25) is 5.91 Å². The number of hydrogen-bond acceptors (Lipinski definition) is 12. The summed E-state index contributed by atoms with van der Waals surface area (Å²) in [6.07, 6.45) is 0.605. The zero-order valence-electron chi connectivity index (χ0n) is 29.1. The molecule has 0 saturated heterocycles. The highest BCUT2D eigenvalue weighted by Crippen LogP contribution is 2.52. The monoisotopic (exact) mass is 691 g/mol. The van der Waals surface area contributed by atoms with Gasteiger partial charge in [0.15, 0.2) is 34.7 Å². The van der Waals surface area contributed by atoms with Gasteiger partial charge in [-0.1, -0.05) is 26.0 Å². The molecule has 0 aliphatic heterocycles. The first-order valence-corrected chi connectivity index (χ1v) is 16.8. The molecule has 0 bridgehead atoms. The molecule has 2 aromatic carbocycles. The molecule has 2 saturated carbocycles. The predicted molar refractivity (Wildman–Crippen MR) is 180 cm³/mol.